The lowest BCUT2D eigenvalue weighted by Gasteiger charge is -2.02. The molecule has 3 nitrogen and oxygen atoms in total. The highest BCUT2D eigenvalue weighted by atomic mass is 35.5. The molecule has 4 heteroatoms. The van der Waals surface area contributed by atoms with Crippen LogP contribution in [0.3, 0.4) is 0 Å². The van der Waals surface area contributed by atoms with E-state index in [1.54, 1.807) is 0 Å². The molecule has 90 valence electrons. The van der Waals surface area contributed by atoms with Crippen molar-refractivity contribution in [3.63, 3.8) is 0 Å². The molecule has 0 aliphatic heterocycles. The number of hydrogen-bond acceptors (Lipinski definition) is 3. The lowest BCUT2D eigenvalue weighted by molar-refractivity contribution is 0.426. The Morgan fingerprint density at radius 3 is 2.65 bits per heavy atom. The fraction of sp³-hybridized carbons (Fsp3) is 0.308. The van der Waals surface area contributed by atoms with Gasteiger partial charge in [0.25, 0.3) is 0 Å². The summed E-state index contributed by atoms with van der Waals surface area (Å²) in [7, 11) is 0. The minimum Gasteiger partial charge on any atom is -0.367 e. The van der Waals surface area contributed by atoms with Crippen LogP contribution in [0.15, 0.2) is 28.8 Å². The van der Waals surface area contributed by atoms with Crippen molar-refractivity contribution in [3.05, 3.63) is 35.0 Å². The molecule has 0 atom stereocenters. The van der Waals surface area contributed by atoms with E-state index in [1.165, 1.54) is 0 Å². The standard InChI is InChI=1S/C13H15ClN2O/c1-2-3-4-11-12(13(15)17-16-11)9-5-7-10(14)8-6-9/h5-8H,2-4,15H2,1H3. The molecule has 0 saturated carbocycles. The average Bonchev–Trinajstić information content (AvgIpc) is 2.69. The van der Waals surface area contributed by atoms with Crippen LogP contribution < -0.4 is 5.73 Å². The van der Waals surface area contributed by atoms with Gasteiger partial charge in [-0.1, -0.05) is 42.2 Å². The molecule has 0 aliphatic carbocycles. The number of rotatable bonds is 4. The average molecular weight is 251 g/mol. The van der Waals surface area contributed by atoms with Gasteiger partial charge in [-0.15, -0.1) is 0 Å². The summed E-state index contributed by atoms with van der Waals surface area (Å²) in [4.78, 5) is 0. The van der Waals surface area contributed by atoms with E-state index in [-0.39, 0.29) is 0 Å². The Hall–Kier alpha value is -1.48. The first-order valence-electron chi connectivity index (χ1n) is 5.72. The summed E-state index contributed by atoms with van der Waals surface area (Å²) in [6.45, 7) is 2.14. The molecule has 0 unspecified atom stereocenters. The van der Waals surface area contributed by atoms with E-state index in [1.807, 2.05) is 24.3 Å². The first kappa shape index (κ1) is 12.0. The zero-order valence-corrected chi connectivity index (χ0v) is 10.5. The topological polar surface area (TPSA) is 52.0 Å². The van der Waals surface area contributed by atoms with Crippen LogP contribution >= 0.6 is 11.6 Å². The summed E-state index contributed by atoms with van der Waals surface area (Å²) in [5, 5.41) is 4.73. The molecule has 2 aromatic rings. The maximum atomic E-state index is 5.87. The Labute approximate surface area is 106 Å². The second kappa shape index (κ2) is 5.23. The minimum atomic E-state index is 0.374. The molecule has 0 saturated heterocycles. The predicted octanol–water partition coefficient (Wildman–Crippen LogP) is 3.92. The van der Waals surface area contributed by atoms with Crippen LogP contribution in [0, 0.1) is 0 Å². The van der Waals surface area contributed by atoms with Gasteiger partial charge in [0.15, 0.2) is 0 Å². The Morgan fingerprint density at radius 2 is 2.00 bits per heavy atom. The number of aromatic nitrogens is 1. The first-order valence-corrected chi connectivity index (χ1v) is 6.10. The lowest BCUT2D eigenvalue weighted by atomic mass is 10.0. The number of unbranched alkanes of at least 4 members (excludes halogenated alkanes) is 1. The summed E-state index contributed by atoms with van der Waals surface area (Å²) in [5.74, 6) is 0.374. The number of aryl methyl sites for hydroxylation is 1. The van der Waals surface area contributed by atoms with Crippen molar-refractivity contribution in [2.24, 2.45) is 0 Å². The van der Waals surface area contributed by atoms with Crippen molar-refractivity contribution in [2.45, 2.75) is 26.2 Å². The SMILES string of the molecule is CCCCc1noc(N)c1-c1ccc(Cl)cc1. The molecule has 0 radical (unpaired) electrons. The van der Waals surface area contributed by atoms with E-state index in [9.17, 15) is 0 Å². The van der Waals surface area contributed by atoms with Gasteiger partial charge in [0.1, 0.15) is 0 Å². The summed E-state index contributed by atoms with van der Waals surface area (Å²) in [5.41, 5.74) is 8.64. The summed E-state index contributed by atoms with van der Waals surface area (Å²) < 4.78 is 5.07. The van der Waals surface area contributed by atoms with Gasteiger partial charge in [0.2, 0.25) is 5.88 Å². The maximum absolute atomic E-state index is 5.87. The van der Waals surface area contributed by atoms with Crippen LogP contribution in [0.2, 0.25) is 5.02 Å². The highest BCUT2D eigenvalue weighted by Crippen LogP contribution is 2.31. The van der Waals surface area contributed by atoms with E-state index in [0.717, 1.165) is 36.1 Å². The normalized spacial score (nSPS) is 10.7. The zero-order chi connectivity index (χ0) is 12.3. The Kier molecular flexibility index (Phi) is 3.69. The zero-order valence-electron chi connectivity index (χ0n) is 9.74. The number of nitrogen functional groups attached to an aromatic ring is 1. The minimum absolute atomic E-state index is 0.374. The van der Waals surface area contributed by atoms with E-state index < -0.39 is 0 Å². The Morgan fingerprint density at radius 1 is 1.29 bits per heavy atom. The number of nitrogens with zero attached hydrogens (tertiary/aromatic N) is 1. The van der Waals surface area contributed by atoms with Crippen LogP contribution in [-0.2, 0) is 6.42 Å². The van der Waals surface area contributed by atoms with E-state index >= 15 is 0 Å². The molecule has 1 aromatic heterocycles. The monoisotopic (exact) mass is 250 g/mol. The molecule has 1 heterocycles. The number of anilines is 1. The van der Waals surface area contributed by atoms with Crippen molar-refractivity contribution >= 4 is 17.5 Å². The van der Waals surface area contributed by atoms with Gasteiger partial charge in [-0.3, -0.25) is 0 Å². The quantitative estimate of drug-likeness (QED) is 0.895. The largest absolute Gasteiger partial charge is 0.367 e. The highest BCUT2D eigenvalue weighted by molar-refractivity contribution is 6.30. The molecular weight excluding hydrogens is 236 g/mol. The van der Waals surface area contributed by atoms with Crippen molar-refractivity contribution in [1.29, 1.82) is 0 Å². The number of hydrogen-bond donors (Lipinski definition) is 1. The number of halogens is 1. The summed E-state index contributed by atoms with van der Waals surface area (Å²) >= 11 is 5.87. The van der Waals surface area contributed by atoms with E-state index in [0.29, 0.717) is 10.9 Å². The third-order valence-corrected chi connectivity index (χ3v) is 2.94. The van der Waals surface area contributed by atoms with Crippen LogP contribution in [0.25, 0.3) is 11.1 Å². The molecule has 2 rings (SSSR count). The molecule has 1 aromatic carbocycles. The third-order valence-electron chi connectivity index (χ3n) is 2.69. The second-order valence-corrected chi connectivity index (χ2v) is 4.42. The molecule has 0 bridgehead atoms. The van der Waals surface area contributed by atoms with Gasteiger partial charge in [-0.05, 0) is 30.5 Å². The van der Waals surface area contributed by atoms with Gasteiger partial charge >= 0.3 is 0 Å². The van der Waals surface area contributed by atoms with Crippen LogP contribution in [0.1, 0.15) is 25.5 Å². The van der Waals surface area contributed by atoms with Crippen molar-refractivity contribution < 1.29 is 4.52 Å². The van der Waals surface area contributed by atoms with Gasteiger partial charge < -0.3 is 10.3 Å². The van der Waals surface area contributed by atoms with Gasteiger partial charge in [0, 0.05) is 5.02 Å². The number of benzene rings is 1. The maximum Gasteiger partial charge on any atom is 0.230 e. The molecule has 0 amide bonds. The fourth-order valence-electron chi connectivity index (χ4n) is 1.78. The number of nitrogens with two attached hydrogens (primary N) is 1. The predicted molar refractivity (Wildman–Crippen MR) is 70.0 cm³/mol. The van der Waals surface area contributed by atoms with Gasteiger partial charge in [0.05, 0.1) is 11.3 Å². The molecule has 2 N–H and O–H groups in total. The fourth-order valence-corrected chi connectivity index (χ4v) is 1.90. The van der Waals surface area contributed by atoms with E-state index in [2.05, 4.69) is 12.1 Å². The second-order valence-electron chi connectivity index (χ2n) is 3.98. The van der Waals surface area contributed by atoms with Crippen LogP contribution in [0.5, 0.6) is 0 Å². The van der Waals surface area contributed by atoms with Crippen LogP contribution in [0.4, 0.5) is 5.88 Å². The highest BCUT2D eigenvalue weighted by Gasteiger charge is 2.14. The molecule has 0 spiro atoms. The molecule has 0 aliphatic rings. The van der Waals surface area contributed by atoms with Crippen molar-refractivity contribution in [1.82, 2.24) is 5.16 Å². The van der Waals surface area contributed by atoms with Crippen LogP contribution in [-0.4, -0.2) is 5.16 Å². The molecule has 0 fully saturated rings. The summed E-state index contributed by atoms with van der Waals surface area (Å²) in [6, 6.07) is 7.54. The van der Waals surface area contributed by atoms with Crippen molar-refractivity contribution in [3.8, 4) is 11.1 Å². The van der Waals surface area contributed by atoms with Crippen molar-refractivity contribution in [2.75, 3.05) is 5.73 Å². The van der Waals surface area contributed by atoms with Gasteiger partial charge in [-0.2, -0.15) is 0 Å². The Balaban J connectivity index is 2.36. The lowest BCUT2D eigenvalue weighted by Crippen LogP contribution is -1.91. The Bertz CT molecular complexity index is 491. The molecular formula is C13H15ClN2O. The smallest absolute Gasteiger partial charge is 0.230 e. The molecule has 17 heavy (non-hydrogen) atoms. The third kappa shape index (κ3) is 2.61. The van der Waals surface area contributed by atoms with Gasteiger partial charge in [-0.25, -0.2) is 0 Å². The van der Waals surface area contributed by atoms with E-state index in [4.69, 9.17) is 21.9 Å². The summed E-state index contributed by atoms with van der Waals surface area (Å²) in [6.07, 6.45) is 3.08. The first-order chi connectivity index (χ1) is 8.22.